The molecule has 0 saturated heterocycles. The molecule has 100 valence electrons. The van der Waals surface area contributed by atoms with Crippen molar-refractivity contribution in [1.82, 2.24) is 9.97 Å². The van der Waals surface area contributed by atoms with Gasteiger partial charge in [-0.1, -0.05) is 11.6 Å². The number of nitrogens with one attached hydrogen (secondary N) is 1. The highest BCUT2D eigenvalue weighted by atomic mass is 35.5. The minimum atomic E-state index is 0.214. The maximum Gasteiger partial charge on any atom is 0.154 e. The lowest BCUT2D eigenvalue weighted by Gasteiger charge is -2.13. The third-order valence-electron chi connectivity index (χ3n) is 2.48. The predicted molar refractivity (Wildman–Crippen MR) is 74.3 cm³/mol. The number of anilines is 3. The van der Waals surface area contributed by atoms with E-state index >= 15 is 0 Å². The molecule has 2 rings (SSSR count). The Labute approximate surface area is 115 Å². The van der Waals surface area contributed by atoms with E-state index in [1.807, 2.05) is 0 Å². The van der Waals surface area contributed by atoms with Crippen LogP contribution in [-0.2, 0) is 0 Å². The molecule has 0 aliphatic carbocycles. The highest BCUT2D eigenvalue weighted by Gasteiger charge is 2.10. The van der Waals surface area contributed by atoms with Crippen molar-refractivity contribution in [2.75, 3.05) is 25.3 Å². The first-order valence-electron chi connectivity index (χ1n) is 5.40. The number of nitrogens with zero attached hydrogens (tertiary/aromatic N) is 2. The molecule has 0 spiro atoms. The predicted octanol–water partition coefficient (Wildman–Crippen LogP) is 2.47. The number of methoxy groups -OCH3 is 2. The normalized spacial score (nSPS) is 10.1. The molecule has 0 radical (unpaired) electrons. The van der Waals surface area contributed by atoms with Gasteiger partial charge in [0.1, 0.15) is 28.7 Å². The molecule has 1 heterocycles. The Balaban J connectivity index is 2.35. The van der Waals surface area contributed by atoms with Crippen LogP contribution in [0.3, 0.4) is 0 Å². The number of hydrogen-bond acceptors (Lipinski definition) is 6. The molecule has 1 aromatic heterocycles. The summed E-state index contributed by atoms with van der Waals surface area (Å²) in [5.41, 5.74) is 6.31. The SMILES string of the molecule is COc1ccc(Nc2ncnc(N)c2Cl)c(OC)c1. The van der Waals surface area contributed by atoms with Gasteiger partial charge in [-0.15, -0.1) is 0 Å². The molecular formula is C12H13ClN4O2. The Bertz CT molecular complexity index is 592. The number of hydrogen-bond donors (Lipinski definition) is 2. The van der Waals surface area contributed by atoms with E-state index in [0.717, 1.165) is 0 Å². The van der Waals surface area contributed by atoms with Gasteiger partial charge in [-0.3, -0.25) is 0 Å². The van der Waals surface area contributed by atoms with E-state index in [0.29, 0.717) is 23.0 Å². The molecule has 0 saturated carbocycles. The number of benzene rings is 1. The first kappa shape index (κ1) is 13.2. The van der Waals surface area contributed by atoms with Crippen LogP contribution < -0.4 is 20.5 Å². The highest BCUT2D eigenvalue weighted by molar-refractivity contribution is 6.35. The van der Waals surface area contributed by atoms with Gasteiger partial charge in [0.25, 0.3) is 0 Å². The van der Waals surface area contributed by atoms with Crippen LogP contribution in [0.2, 0.25) is 5.02 Å². The Morgan fingerprint density at radius 2 is 2.00 bits per heavy atom. The molecule has 0 amide bonds. The number of aromatic nitrogens is 2. The van der Waals surface area contributed by atoms with Crippen LogP contribution in [-0.4, -0.2) is 24.2 Å². The van der Waals surface area contributed by atoms with Gasteiger partial charge >= 0.3 is 0 Å². The Morgan fingerprint density at radius 3 is 2.68 bits per heavy atom. The number of nitrogen functional groups attached to an aromatic ring is 1. The Kier molecular flexibility index (Phi) is 3.91. The number of halogens is 1. The Morgan fingerprint density at radius 1 is 1.21 bits per heavy atom. The summed E-state index contributed by atoms with van der Waals surface area (Å²) in [6.07, 6.45) is 1.33. The van der Waals surface area contributed by atoms with Crippen molar-refractivity contribution in [2.24, 2.45) is 0 Å². The minimum absolute atomic E-state index is 0.214. The van der Waals surface area contributed by atoms with Crippen LogP contribution in [0.1, 0.15) is 0 Å². The molecule has 0 fully saturated rings. The summed E-state index contributed by atoms with van der Waals surface area (Å²) in [5.74, 6) is 1.92. The molecule has 2 aromatic rings. The maximum atomic E-state index is 6.02. The van der Waals surface area contributed by atoms with Gasteiger partial charge in [-0.25, -0.2) is 9.97 Å². The lowest BCUT2D eigenvalue weighted by molar-refractivity contribution is 0.395. The van der Waals surface area contributed by atoms with Crippen LogP contribution >= 0.6 is 11.6 Å². The van der Waals surface area contributed by atoms with Crippen molar-refractivity contribution in [3.8, 4) is 11.5 Å². The van der Waals surface area contributed by atoms with E-state index in [9.17, 15) is 0 Å². The first-order chi connectivity index (χ1) is 9.15. The van der Waals surface area contributed by atoms with E-state index in [4.69, 9.17) is 26.8 Å². The van der Waals surface area contributed by atoms with Crippen molar-refractivity contribution in [3.63, 3.8) is 0 Å². The topological polar surface area (TPSA) is 82.3 Å². The molecule has 3 N–H and O–H groups in total. The van der Waals surface area contributed by atoms with E-state index in [2.05, 4.69) is 15.3 Å². The zero-order chi connectivity index (χ0) is 13.8. The molecule has 6 nitrogen and oxygen atoms in total. The summed E-state index contributed by atoms with van der Waals surface area (Å²) in [4.78, 5) is 7.83. The number of rotatable bonds is 4. The van der Waals surface area contributed by atoms with E-state index in [1.165, 1.54) is 6.33 Å². The van der Waals surface area contributed by atoms with Crippen molar-refractivity contribution < 1.29 is 9.47 Å². The van der Waals surface area contributed by atoms with Gasteiger partial charge in [0, 0.05) is 6.07 Å². The largest absolute Gasteiger partial charge is 0.497 e. The zero-order valence-corrected chi connectivity index (χ0v) is 11.2. The third kappa shape index (κ3) is 2.79. The van der Waals surface area contributed by atoms with Crippen molar-refractivity contribution in [3.05, 3.63) is 29.5 Å². The molecule has 0 aliphatic rings. The van der Waals surface area contributed by atoms with Gasteiger partial charge in [-0.05, 0) is 12.1 Å². The molecule has 0 atom stereocenters. The average Bonchev–Trinajstić information content (AvgIpc) is 2.44. The van der Waals surface area contributed by atoms with E-state index in [1.54, 1.807) is 32.4 Å². The lowest BCUT2D eigenvalue weighted by Crippen LogP contribution is -2.01. The molecular weight excluding hydrogens is 268 g/mol. The second-order valence-corrected chi connectivity index (χ2v) is 3.99. The molecule has 7 heteroatoms. The van der Waals surface area contributed by atoms with Crippen LogP contribution in [0.25, 0.3) is 0 Å². The first-order valence-corrected chi connectivity index (χ1v) is 5.78. The summed E-state index contributed by atoms with van der Waals surface area (Å²) in [6, 6.07) is 5.34. The highest BCUT2D eigenvalue weighted by Crippen LogP contribution is 2.33. The van der Waals surface area contributed by atoms with E-state index in [-0.39, 0.29) is 10.8 Å². The molecule has 0 bridgehead atoms. The van der Waals surface area contributed by atoms with Crippen molar-refractivity contribution >= 4 is 28.9 Å². The maximum absolute atomic E-state index is 6.02. The summed E-state index contributed by atoms with van der Waals surface area (Å²) in [5, 5.41) is 3.30. The van der Waals surface area contributed by atoms with Crippen LogP contribution in [0.4, 0.5) is 17.3 Å². The van der Waals surface area contributed by atoms with Crippen molar-refractivity contribution in [2.45, 2.75) is 0 Å². The fraction of sp³-hybridized carbons (Fsp3) is 0.167. The zero-order valence-electron chi connectivity index (χ0n) is 10.5. The fourth-order valence-electron chi connectivity index (χ4n) is 1.50. The standard InChI is InChI=1S/C12H13ClN4O2/c1-18-7-3-4-8(9(5-7)19-2)17-12-10(13)11(14)15-6-16-12/h3-6H,1-2H3,(H3,14,15,16,17). The summed E-state index contributed by atoms with van der Waals surface area (Å²) < 4.78 is 10.4. The fourth-order valence-corrected chi connectivity index (χ4v) is 1.64. The van der Waals surface area contributed by atoms with Gasteiger partial charge in [0.05, 0.1) is 19.9 Å². The van der Waals surface area contributed by atoms with Crippen LogP contribution in [0.15, 0.2) is 24.5 Å². The summed E-state index contributed by atoms with van der Waals surface area (Å²) in [7, 11) is 3.15. The lowest BCUT2D eigenvalue weighted by atomic mass is 10.2. The number of ether oxygens (including phenoxy) is 2. The van der Waals surface area contributed by atoms with Crippen LogP contribution in [0.5, 0.6) is 11.5 Å². The van der Waals surface area contributed by atoms with Gasteiger partial charge < -0.3 is 20.5 Å². The average molecular weight is 281 g/mol. The molecule has 0 unspecified atom stereocenters. The number of nitrogens with two attached hydrogens (primary N) is 1. The van der Waals surface area contributed by atoms with E-state index < -0.39 is 0 Å². The minimum Gasteiger partial charge on any atom is -0.497 e. The molecule has 0 aliphatic heterocycles. The van der Waals surface area contributed by atoms with Crippen LogP contribution in [0, 0.1) is 0 Å². The Hall–Kier alpha value is -2.21. The van der Waals surface area contributed by atoms with Crippen molar-refractivity contribution in [1.29, 1.82) is 0 Å². The second kappa shape index (κ2) is 5.62. The monoisotopic (exact) mass is 280 g/mol. The third-order valence-corrected chi connectivity index (χ3v) is 2.85. The summed E-state index contributed by atoms with van der Waals surface area (Å²) >= 11 is 6.02. The van der Waals surface area contributed by atoms with Gasteiger partial charge in [0.2, 0.25) is 0 Å². The smallest absolute Gasteiger partial charge is 0.154 e. The molecule has 19 heavy (non-hydrogen) atoms. The quantitative estimate of drug-likeness (QED) is 0.895. The molecule has 1 aromatic carbocycles. The summed E-state index contributed by atoms with van der Waals surface area (Å²) in [6.45, 7) is 0. The second-order valence-electron chi connectivity index (χ2n) is 3.61. The van der Waals surface area contributed by atoms with Gasteiger partial charge in [0.15, 0.2) is 5.82 Å². The van der Waals surface area contributed by atoms with Gasteiger partial charge in [-0.2, -0.15) is 0 Å².